The number of rotatable bonds is 3. The van der Waals surface area contributed by atoms with Crippen LogP contribution in [-0.4, -0.2) is 31.9 Å². The highest BCUT2D eigenvalue weighted by Crippen LogP contribution is 2.20. The van der Waals surface area contributed by atoms with E-state index >= 15 is 0 Å². The summed E-state index contributed by atoms with van der Waals surface area (Å²) in [7, 11) is 0. The summed E-state index contributed by atoms with van der Waals surface area (Å²) < 4.78 is 1.11. The Kier molecular flexibility index (Phi) is 6.74. The number of halogens is 1. The van der Waals surface area contributed by atoms with Crippen LogP contribution >= 0.6 is 11.6 Å². The molecule has 0 saturated heterocycles. The van der Waals surface area contributed by atoms with Crippen molar-refractivity contribution in [1.82, 2.24) is 14.8 Å². The van der Waals surface area contributed by atoms with Crippen LogP contribution in [0.1, 0.15) is 36.0 Å². The van der Waals surface area contributed by atoms with E-state index in [1.54, 1.807) is 42.6 Å². The molecular formula is C21H21ClN4O3. The number of hydrogen-bond acceptors (Lipinski definition) is 5. The van der Waals surface area contributed by atoms with E-state index in [1.807, 2.05) is 0 Å². The van der Waals surface area contributed by atoms with Crippen molar-refractivity contribution in [3.8, 4) is 16.9 Å². The lowest BCUT2D eigenvalue weighted by Crippen LogP contribution is -2.30. The van der Waals surface area contributed by atoms with Crippen LogP contribution in [0.15, 0.2) is 59.7 Å². The number of aliphatic hydroxyl groups excluding tert-OH is 1. The molecule has 1 saturated carbocycles. The number of benzene rings is 1. The topological polar surface area (TPSA) is 111 Å². The molecule has 1 aromatic carbocycles. The van der Waals surface area contributed by atoms with Gasteiger partial charge in [0, 0.05) is 16.8 Å². The van der Waals surface area contributed by atoms with E-state index in [2.05, 4.69) is 10.1 Å². The normalized spacial score (nSPS) is 13.6. The van der Waals surface area contributed by atoms with Crippen molar-refractivity contribution in [2.24, 2.45) is 5.73 Å². The third-order valence-electron chi connectivity index (χ3n) is 4.53. The molecule has 0 aliphatic heterocycles. The van der Waals surface area contributed by atoms with E-state index in [0.717, 1.165) is 17.5 Å². The fourth-order valence-corrected chi connectivity index (χ4v) is 3.12. The van der Waals surface area contributed by atoms with Crippen LogP contribution in [0.3, 0.4) is 0 Å². The molecule has 0 atom stereocenters. The van der Waals surface area contributed by atoms with Gasteiger partial charge in [-0.25, -0.2) is 0 Å². The molecule has 0 bridgehead atoms. The predicted octanol–water partition coefficient (Wildman–Crippen LogP) is 2.97. The Morgan fingerprint density at radius 3 is 2.38 bits per heavy atom. The van der Waals surface area contributed by atoms with Gasteiger partial charge in [-0.15, -0.1) is 0 Å². The summed E-state index contributed by atoms with van der Waals surface area (Å²) in [4.78, 5) is 27.9. The van der Waals surface area contributed by atoms with Crippen molar-refractivity contribution in [3.05, 3.63) is 75.8 Å². The van der Waals surface area contributed by atoms with Crippen molar-refractivity contribution in [2.45, 2.75) is 31.8 Å². The molecule has 3 N–H and O–H groups in total. The number of carbonyl (C=O) groups excluding carboxylic acids is 1. The average Bonchev–Trinajstić information content (AvgIpc) is 3.21. The first kappa shape index (κ1) is 20.7. The summed E-state index contributed by atoms with van der Waals surface area (Å²) in [6, 6.07) is 11.6. The number of carbonyl (C=O) groups is 1. The molecule has 29 heavy (non-hydrogen) atoms. The standard InChI is InChI=1S/C16H11ClN4O2.C5H10O/c17-11-5-3-10(4-6-11)14-8-13(15(18)22)16(23)21(20-14)12-2-1-7-19-9-12;6-5-3-1-2-4-5/h1-9H,(H2,18,22);5-6H,1-4H2. The molecule has 1 fully saturated rings. The molecule has 8 heteroatoms. The highest BCUT2D eigenvalue weighted by atomic mass is 35.5. The molecule has 0 radical (unpaired) electrons. The molecular weight excluding hydrogens is 392 g/mol. The monoisotopic (exact) mass is 412 g/mol. The summed E-state index contributed by atoms with van der Waals surface area (Å²) in [5.74, 6) is -0.815. The minimum Gasteiger partial charge on any atom is -0.393 e. The largest absolute Gasteiger partial charge is 0.393 e. The van der Waals surface area contributed by atoms with E-state index in [0.29, 0.717) is 22.0 Å². The molecule has 0 unspecified atom stereocenters. The fourth-order valence-electron chi connectivity index (χ4n) is 2.99. The molecule has 7 nitrogen and oxygen atoms in total. The maximum Gasteiger partial charge on any atom is 0.284 e. The van der Waals surface area contributed by atoms with Crippen LogP contribution in [0.5, 0.6) is 0 Å². The van der Waals surface area contributed by atoms with Gasteiger partial charge in [0.25, 0.3) is 11.5 Å². The first-order valence-electron chi connectivity index (χ1n) is 9.24. The smallest absolute Gasteiger partial charge is 0.284 e. The lowest BCUT2D eigenvalue weighted by Gasteiger charge is -2.09. The molecule has 2 heterocycles. The van der Waals surface area contributed by atoms with Gasteiger partial charge in [-0.1, -0.05) is 36.6 Å². The number of nitrogens with zero attached hydrogens (tertiary/aromatic N) is 3. The van der Waals surface area contributed by atoms with Crippen molar-refractivity contribution >= 4 is 17.5 Å². The van der Waals surface area contributed by atoms with E-state index in [4.69, 9.17) is 22.4 Å². The molecule has 4 rings (SSSR count). The third-order valence-corrected chi connectivity index (χ3v) is 4.78. The Hall–Kier alpha value is -3.03. The third kappa shape index (κ3) is 5.28. The second-order valence-corrected chi connectivity index (χ2v) is 7.12. The Labute approximate surface area is 172 Å². The Bertz CT molecular complexity index is 1030. The predicted molar refractivity (Wildman–Crippen MR) is 111 cm³/mol. The summed E-state index contributed by atoms with van der Waals surface area (Å²) in [6.07, 6.45) is 7.66. The maximum absolute atomic E-state index is 12.4. The van der Waals surface area contributed by atoms with Gasteiger partial charge >= 0.3 is 0 Å². The summed E-state index contributed by atoms with van der Waals surface area (Å²) in [6.45, 7) is 0. The number of primary amides is 1. The van der Waals surface area contributed by atoms with E-state index < -0.39 is 11.5 Å². The minimum absolute atomic E-state index is 0.0463. The highest BCUT2D eigenvalue weighted by Gasteiger charge is 2.15. The Balaban J connectivity index is 0.000000343. The van der Waals surface area contributed by atoms with Crippen molar-refractivity contribution in [3.63, 3.8) is 0 Å². The molecule has 1 aliphatic carbocycles. The summed E-state index contributed by atoms with van der Waals surface area (Å²) in [5.41, 5.74) is 6.15. The lowest BCUT2D eigenvalue weighted by molar-refractivity contribution is 0.0998. The van der Waals surface area contributed by atoms with Crippen LogP contribution in [0.4, 0.5) is 0 Å². The van der Waals surface area contributed by atoms with Crippen molar-refractivity contribution in [1.29, 1.82) is 0 Å². The summed E-state index contributed by atoms with van der Waals surface area (Å²) in [5, 5.41) is 13.6. The number of aliphatic hydroxyl groups is 1. The van der Waals surface area contributed by atoms with Gasteiger partial charge in [0.1, 0.15) is 5.56 Å². The first-order chi connectivity index (χ1) is 14.0. The van der Waals surface area contributed by atoms with Gasteiger partial charge in [-0.2, -0.15) is 9.78 Å². The Morgan fingerprint density at radius 2 is 1.86 bits per heavy atom. The second kappa shape index (κ2) is 9.45. The Morgan fingerprint density at radius 1 is 1.17 bits per heavy atom. The molecule has 1 amide bonds. The van der Waals surface area contributed by atoms with Gasteiger partial charge in [0.15, 0.2) is 0 Å². The average molecular weight is 413 g/mol. The van der Waals surface area contributed by atoms with Crippen LogP contribution < -0.4 is 11.3 Å². The van der Waals surface area contributed by atoms with Crippen LogP contribution in [0.25, 0.3) is 16.9 Å². The van der Waals surface area contributed by atoms with E-state index in [-0.39, 0.29) is 11.7 Å². The molecule has 3 aromatic rings. The van der Waals surface area contributed by atoms with Gasteiger partial charge < -0.3 is 10.8 Å². The SMILES string of the molecule is NC(=O)c1cc(-c2ccc(Cl)cc2)nn(-c2cccnc2)c1=O.OC1CCCC1. The van der Waals surface area contributed by atoms with Gasteiger partial charge in [0.05, 0.1) is 23.7 Å². The van der Waals surface area contributed by atoms with Gasteiger partial charge in [0.2, 0.25) is 0 Å². The zero-order valence-corrected chi connectivity index (χ0v) is 16.4. The maximum atomic E-state index is 12.4. The second-order valence-electron chi connectivity index (χ2n) is 6.68. The number of pyridine rings is 1. The lowest BCUT2D eigenvalue weighted by atomic mass is 10.1. The number of nitrogens with two attached hydrogens (primary N) is 1. The van der Waals surface area contributed by atoms with Crippen molar-refractivity contribution in [2.75, 3.05) is 0 Å². The molecule has 0 spiro atoms. The van der Waals surface area contributed by atoms with Gasteiger partial charge in [-0.05, 0) is 43.2 Å². The fraction of sp³-hybridized carbons (Fsp3) is 0.238. The van der Waals surface area contributed by atoms with Gasteiger partial charge in [-0.3, -0.25) is 14.6 Å². The number of amides is 1. The zero-order chi connectivity index (χ0) is 20.8. The molecule has 1 aliphatic rings. The van der Waals surface area contributed by atoms with E-state index in [9.17, 15) is 9.59 Å². The first-order valence-corrected chi connectivity index (χ1v) is 9.62. The van der Waals surface area contributed by atoms with Crippen molar-refractivity contribution < 1.29 is 9.90 Å². The number of hydrogen-bond donors (Lipinski definition) is 2. The molecule has 150 valence electrons. The van der Waals surface area contributed by atoms with Crippen LogP contribution in [0.2, 0.25) is 5.02 Å². The van der Waals surface area contributed by atoms with Crippen LogP contribution in [0, 0.1) is 0 Å². The molecule has 2 aromatic heterocycles. The number of aromatic nitrogens is 3. The highest BCUT2D eigenvalue weighted by molar-refractivity contribution is 6.30. The quantitative estimate of drug-likeness (QED) is 0.686. The minimum atomic E-state index is -0.815. The van der Waals surface area contributed by atoms with Crippen LogP contribution in [-0.2, 0) is 0 Å². The van der Waals surface area contributed by atoms with E-state index in [1.165, 1.54) is 25.1 Å². The zero-order valence-electron chi connectivity index (χ0n) is 15.7. The summed E-state index contributed by atoms with van der Waals surface area (Å²) >= 11 is 5.88.